The number of carbonyl (C=O) groups is 4. The van der Waals surface area contributed by atoms with Crippen LogP contribution < -0.4 is 4.18 Å². The Hall–Kier alpha value is -4.02. The normalized spacial score (nSPS) is 22.8. The van der Waals surface area contributed by atoms with Gasteiger partial charge in [-0.2, -0.15) is 13.4 Å². The summed E-state index contributed by atoms with van der Waals surface area (Å²) in [6.45, 7) is 1.24. The lowest BCUT2D eigenvalue weighted by Crippen LogP contribution is -2.52. The molecular formula is C31H27ClN2O7S. The molecule has 3 fully saturated rings. The molecule has 0 radical (unpaired) electrons. The van der Waals surface area contributed by atoms with Crippen LogP contribution >= 0.6 is 11.6 Å². The van der Waals surface area contributed by atoms with E-state index in [9.17, 15) is 27.6 Å². The molecule has 0 N–H and O–H groups in total. The number of hydrogen-bond acceptors (Lipinski definition) is 7. The van der Waals surface area contributed by atoms with Gasteiger partial charge in [0.25, 0.3) is 17.7 Å². The summed E-state index contributed by atoms with van der Waals surface area (Å²) in [7, 11) is -4.10. The highest BCUT2D eigenvalue weighted by molar-refractivity contribution is 7.87. The molecule has 0 unspecified atom stereocenters. The number of amides is 3. The monoisotopic (exact) mass is 606 g/mol. The first kappa shape index (κ1) is 28.1. The summed E-state index contributed by atoms with van der Waals surface area (Å²) in [5.41, 5.74) is 1.08. The zero-order valence-corrected chi connectivity index (χ0v) is 24.2. The van der Waals surface area contributed by atoms with Crippen molar-refractivity contribution < 1.29 is 31.8 Å². The van der Waals surface area contributed by atoms with Gasteiger partial charge < -0.3 is 4.18 Å². The fourth-order valence-electron chi connectivity index (χ4n) is 6.44. The molecule has 9 nitrogen and oxygen atoms in total. The third kappa shape index (κ3) is 4.88. The van der Waals surface area contributed by atoms with Gasteiger partial charge >= 0.3 is 10.1 Å². The fraction of sp³-hybridized carbons (Fsp3) is 0.290. The van der Waals surface area contributed by atoms with Crippen molar-refractivity contribution in [2.75, 3.05) is 6.54 Å². The van der Waals surface area contributed by atoms with E-state index in [1.165, 1.54) is 48.5 Å². The predicted molar refractivity (Wildman–Crippen MR) is 152 cm³/mol. The molecule has 1 aliphatic heterocycles. The number of nitrogens with zero attached hydrogens (tertiary/aromatic N) is 2. The van der Waals surface area contributed by atoms with E-state index in [0.717, 1.165) is 34.8 Å². The number of aryl methyl sites for hydroxylation is 1. The Morgan fingerprint density at radius 1 is 0.905 bits per heavy atom. The summed E-state index contributed by atoms with van der Waals surface area (Å²) in [6.07, 6.45) is 2.56. The Bertz CT molecular complexity index is 1680. The van der Waals surface area contributed by atoms with Crippen LogP contribution in [0.15, 0.2) is 77.7 Å². The van der Waals surface area contributed by atoms with Gasteiger partial charge in [-0.15, -0.1) is 0 Å². The van der Waals surface area contributed by atoms with Crippen LogP contribution in [0.1, 0.15) is 45.5 Å². The predicted octanol–water partition coefficient (Wildman–Crippen LogP) is 4.69. The highest BCUT2D eigenvalue weighted by Crippen LogP contribution is 2.56. The zero-order valence-electron chi connectivity index (χ0n) is 22.6. The van der Waals surface area contributed by atoms with Crippen molar-refractivity contribution in [2.45, 2.75) is 31.1 Å². The lowest BCUT2D eigenvalue weighted by Gasteiger charge is -2.31. The molecule has 6 rings (SSSR count). The number of hydrazine groups is 1. The molecule has 3 amide bonds. The van der Waals surface area contributed by atoms with E-state index < -0.39 is 52.0 Å². The van der Waals surface area contributed by atoms with Crippen LogP contribution in [0.5, 0.6) is 5.75 Å². The van der Waals surface area contributed by atoms with Crippen LogP contribution in [0.25, 0.3) is 0 Å². The van der Waals surface area contributed by atoms with Crippen molar-refractivity contribution in [1.29, 1.82) is 0 Å². The number of imide groups is 1. The molecule has 2 bridgehead atoms. The van der Waals surface area contributed by atoms with Gasteiger partial charge in [-0.1, -0.05) is 41.4 Å². The number of rotatable bonds is 8. The fourth-order valence-corrected chi connectivity index (χ4v) is 7.59. The van der Waals surface area contributed by atoms with Gasteiger partial charge in [-0.3, -0.25) is 19.2 Å². The molecular weight excluding hydrogens is 580 g/mol. The number of halogens is 1. The van der Waals surface area contributed by atoms with E-state index in [4.69, 9.17) is 15.8 Å². The average molecular weight is 607 g/mol. The van der Waals surface area contributed by atoms with Crippen molar-refractivity contribution in [3.8, 4) is 5.75 Å². The van der Waals surface area contributed by atoms with Crippen molar-refractivity contribution in [3.05, 3.63) is 94.5 Å². The van der Waals surface area contributed by atoms with Crippen molar-refractivity contribution in [3.63, 3.8) is 0 Å². The second-order valence-corrected chi connectivity index (χ2v) is 13.0. The van der Waals surface area contributed by atoms with Gasteiger partial charge in [-0.05, 0) is 86.6 Å². The van der Waals surface area contributed by atoms with Gasteiger partial charge in [0.1, 0.15) is 17.2 Å². The van der Waals surface area contributed by atoms with Crippen LogP contribution in [-0.2, 0) is 19.7 Å². The Morgan fingerprint density at radius 2 is 1.50 bits per heavy atom. The van der Waals surface area contributed by atoms with E-state index >= 15 is 0 Å². The van der Waals surface area contributed by atoms with E-state index in [-0.39, 0.29) is 38.6 Å². The average Bonchev–Trinajstić information content (AvgIpc) is 3.66. The maximum atomic E-state index is 13.7. The second kappa shape index (κ2) is 10.7. The van der Waals surface area contributed by atoms with Crippen molar-refractivity contribution in [2.24, 2.45) is 23.7 Å². The summed E-state index contributed by atoms with van der Waals surface area (Å²) in [6, 6.07) is 17.8. The molecule has 216 valence electrons. The lowest BCUT2D eigenvalue weighted by atomic mass is 9.81. The third-order valence-electron chi connectivity index (χ3n) is 8.47. The zero-order chi connectivity index (χ0) is 29.8. The minimum Gasteiger partial charge on any atom is -0.379 e. The number of carbonyl (C=O) groups excluding carboxylic acids is 4. The number of ketones is 1. The molecule has 3 aromatic rings. The van der Waals surface area contributed by atoms with Crippen LogP contribution in [-0.4, -0.2) is 48.5 Å². The van der Waals surface area contributed by atoms with Crippen LogP contribution in [0.3, 0.4) is 0 Å². The first-order valence-electron chi connectivity index (χ1n) is 13.6. The molecule has 1 saturated heterocycles. The maximum Gasteiger partial charge on any atom is 0.339 e. The molecule has 2 aliphatic carbocycles. The highest BCUT2D eigenvalue weighted by atomic mass is 35.5. The van der Waals surface area contributed by atoms with Gasteiger partial charge in [-0.25, -0.2) is 5.01 Å². The van der Waals surface area contributed by atoms with Gasteiger partial charge in [0, 0.05) is 5.56 Å². The van der Waals surface area contributed by atoms with E-state index in [0.29, 0.717) is 0 Å². The Kier molecular flexibility index (Phi) is 7.14. The maximum absolute atomic E-state index is 13.7. The Labute approximate surface area is 248 Å². The molecule has 4 atom stereocenters. The van der Waals surface area contributed by atoms with Crippen LogP contribution in [0.2, 0.25) is 5.02 Å². The minimum absolute atomic E-state index is 0.00989. The SMILES string of the molecule is Cc1ccc(S(=O)(=O)Oc2ccc(C(=O)CN(C(=O)c3ccccc3Cl)N3C(=O)[C@H]4[C@H]5CC[C@@H](C5)[C@@H]4C3=O)cc2)cc1. The molecule has 42 heavy (non-hydrogen) atoms. The first-order valence-corrected chi connectivity index (χ1v) is 15.4. The number of Topliss-reactive ketones (excluding diaryl/α,β-unsaturated/α-hetero) is 1. The quantitative estimate of drug-likeness (QED) is 0.207. The van der Waals surface area contributed by atoms with Gasteiger partial charge in [0.2, 0.25) is 0 Å². The van der Waals surface area contributed by atoms with Crippen LogP contribution in [0.4, 0.5) is 0 Å². The smallest absolute Gasteiger partial charge is 0.339 e. The summed E-state index contributed by atoms with van der Waals surface area (Å²) < 4.78 is 30.5. The molecule has 0 spiro atoms. The summed E-state index contributed by atoms with van der Waals surface area (Å²) in [4.78, 5) is 54.3. The largest absolute Gasteiger partial charge is 0.379 e. The van der Waals surface area contributed by atoms with Crippen molar-refractivity contribution >= 4 is 45.2 Å². The Morgan fingerprint density at radius 3 is 2.10 bits per heavy atom. The van der Waals surface area contributed by atoms with Crippen molar-refractivity contribution in [1.82, 2.24) is 10.0 Å². The molecule has 3 aliphatic rings. The summed E-state index contributed by atoms with van der Waals surface area (Å²) >= 11 is 6.29. The van der Waals surface area contributed by atoms with Gasteiger partial charge in [0.05, 0.1) is 22.4 Å². The lowest BCUT2D eigenvalue weighted by molar-refractivity contribution is -0.155. The molecule has 0 aromatic heterocycles. The molecule has 3 aromatic carbocycles. The molecule has 1 heterocycles. The topological polar surface area (TPSA) is 118 Å². The third-order valence-corrected chi connectivity index (χ3v) is 10.1. The highest BCUT2D eigenvalue weighted by Gasteiger charge is 2.62. The second-order valence-electron chi connectivity index (χ2n) is 11.0. The number of benzene rings is 3. The molecule has 11 heteroatoms. The van der Waals surface area contributed by atoms with E-state index in [1.807, 2.05) is 6.92 Å². The molecule has 2 saturated carbocycles. The van der Waals surface area contributed by atoms with Crippen LogP contribution in [0, 0.1) is 30.6 Å². The summed E-state index contributed by atoms with van der Waals surface area (Å²) in [5, 5.41) is 1.88. The van der Waals surface area contributed by atoms with E-state index in [2.05, 4.69) is 0 Å². The Balaban J connectivity index is 1.25. The standard InChI is InChI=1S/C31H27ClN2O7S/c1-18-6-14-23(15-7-18)42(39,40)41-22-12-10-19(11-13-22)26(35)17-33(29(36)24-4-2-3-5-25(24)32)34-30(37)27-20-8-9-21(16-20)28(27)31(34)38/h2-7,10-15,20-21,27-28H,8-9,16-17H2,1H3/t20-,21-,27-,28-/m0/s1. The minimum atomic E-state index is -4.10. The number of fused-ring (bicyclic) bond motifs is 5. The van der Waals surface area contributed by atoms with E-state index in [1.54, 1.807) is 24.3 Å². The first-order chi connectivity index (χ1) is 20.0. The number of hydrogen-bond donors (Lipinski definition) is 0. The summed E-state index contributed by atoms with van der Waals surface area (Å²) in [5.74, 6) is -3.03. The van der Waals surface area contributed by atoms with Gasteiger partial charge in [0.15, 0.2) is 5.78 Å².